The summed E-state index contributed by atoms with van der Waals surface area (Å²) in [6.45, 7) is 4.96. The average molecular weight is 279 g/mol. The van der Waals surface area contributed by atoms with Crippen LogP contribution in [-0.2, 0) is 4.74 Å². The van der Waals surface area contributed by atoms with Gasteiger partial charge in [0.15, 0.2) is 0 Å². The third-order valence-corrected chi connectivity index (χ3v) is 3.48. The second-order valence-electron chi connectivity index (χ2n) is 5.17. The topological polar surface area (TPSA) is 34.1 Å². The Hall–Kier alpha value is -1.32. The van der Waals surface area contributed by atoms with E-state index in [4.69, 9.17) is 16.3 Å². The van der Waals surface area contributed by atoms with E-state index in [0.717, 1.165) is 29.6 Å². The Morgan fingerprint density at radius 2 is 2.16 bits per heavy atom. The predicted octanol–water partition coefficient (Wildman–Crippen LogP) is 4.12. The summed E-state index contributed by atoms with van der Waals surface area (Å²) in [6.07, 6.45) is 2.70. The lowest BCUT2D eigenvalue weighted by Crippen LogP contribution is -2.25. The van der Waals surface area contributed by atoms with Gasteiger partial charge < -0.3 is 10.1 Å². The van der Waals surface area contributed by atoms with Gasteiger partial charge in [-0.05, 0) is 38.5 Å². The van der Waals surface area contributed by atoms with E-state index in [1.54, 1.807) is 13.3 Å². The molecule has 0 amide bonds. The molecule has 2 aromatic rings. The zero-order chi connectivity index (χ0) is 13.9. The monoisotopic (exact) mass is 278 g/mol. The fourth-order valence-electron chi connectivity index (χ4n) is 1.89. The minimum atomic E-state index is -0.130. The van der Waals surface area contributed by atoms with Crippen molar-refractivity contribution in [2.75, 3.05) is 19.0 Å². The van der Waals surface area contributed by atoms with E-state index < -0.39 is 0 Å². The fraction of sp³-hybridized carbons (Fsp3) is 0.400. The fourth-order valence-corrected chi connectivity index (χ4v) is 2.12. The molecule has 1 aromatic carbocycles. The second-order valence-corrected chi connectivity index (χ2v) is 5.61. The van der Waals surface area contributed by atoms with Crippen LogP contribution in [0.4, 0.5) is 5.69 Å². The number of fused-ring (bicyclic) bond motifs is 1. The zero-order valence-electron chi connectivity index (χ0n) is 11.5. The lowest BCUT2D eigenvalue weighted by molar-refractivity contribution is 0.0185. The van der Waals surface area contributed by atoms with Gasteiger partial charge in [0, 0.05) is 30.3 Å². The maximum absolute atomic E-state index is 6.13. The molecule has 3 nitrogen and oxygen atoms in total. The number of anilines is 1. The summed E-state index contributed by atoms with van der Waals surface area (Å²) in [5.41, 5.74) is 1.78. The molecule has 0 spiro atoms. The molecule has 0 unspecified atom stereocenters. The SMILES string of the molecule is COC(C)(C)CCNc1cc(Cl)cc2cccnc12. The number of methoxy groups -OCH3 is 1. The molecule has 0 radical (unpaired) electrons. The summed E-state index contributed by atoms with van der Waals surface area (Å²) in [7, 11) is 1.73. The molecular formula is C15H19ClN2O. The molecule has 102 valence electrons. The van der Waals surface area contributed by atoms with Gasteiger partial charge in [-0.25, -0.2) is 0 Å². The van der Waals surface area contributed by atoms with Gasteiger partial charge >= 0.3 is 0 Å². The molecule has 2 rings (SSSR count). The van der Waals surface area contributed by atoms with Gasteiger partial charge in [-0.1, -0.05) is 17.7 Å². The van der Waals surface area contributed by atoms with Crippen LogP contribution in [0.15, 0.2) is 30.5 Å². The number of benzene rings is 1. The molecule has 4 heteroatoms. The zero-order valence-corrected chi connectivity index (χ0v) is 12.3. The second kappa shape index (κ2) is 5.76. The van der Waals surface area contributed by atoms with Crippen molar-refractivity contribution in [1.82, 2.24) is 4.98 Å². The highest BCUT2D eigenvalue weighted by molar-refractivity contribution is 6.31. The van der Waals surface area contributed by atoms with Crippen LogP contribution >= 0.6 is 11.6 Å². The summed E-state index contributed by atoms with van der Waals surface area (Å²) in [5.74, 6) is 0. The summed E-state index contributed by atoms with van der Waals surface area (Å²) in [5, 5.41) is 5.15. The van der Waals surface area contributed by atoms with Crippen molar-refractivity contribution in [2.45, 2.75) is 25.9 Å². The van der Waals surface area contributed by atoms with Gasteiger partial charge in [0.1, 0.15) is 0 Å². The maximum atomic E-state index is 6.13. The highest BCUT2D eigenvalue weighted by Crippen LogP contribution is 2.26. The highest BCUT2D eigenvalue weighted by atomic mass is 35.5. The number of halogens is 1. The Morgan fingerprint density at radius 3 is 2.89 bits per heavy atom. The number of aromatic nitrogens is 1. The van der Waals surface area contributed by atoms with Gasteiger partial charge in [0.05, 0.1) is 16.8 Å². The molecule has 0 saturated carbocycles. The third-order valence-electron chi connectivity index (χ3n) is 3.26. The van der Waals surface area contributed by atoms with E-state index in [0.29, 0.717) is 5.02 Å². The van der Waals surface area contributed by atoms with E-state index >= 15 is 0 Å². The van der Waals surface area contributed by atoms with Crippen LogP contribution in [-0.4, -0.2) is 24.2 Å². The van der Waals surface area contributed by atoms with Crippen molar-refractivity contribution in [3.8, 4) is 0 Å². The van der Waals surface area contributed by atoms with E-state index in [1.165, 1.54) is 0 Å². The van der Waals surface area contributed by atoms with Crippen molar-refractivity contribution in [2.24, 2.45) is 0 Å². The van der Waals surface area contributed by atoms with Crippen molar-refractivity contribution in [3.05, 3.63) is 35.5 Å². The standard InChI is InChI=1S/C15H19ClN2O/c1-15(2,19-3)6-8-17-13-10-12(16)9-11-5-4-7-18-14(11)13/h4-5,7,9-10,17H,6,8H2,1-3H3. The van der Waals surface area contributed by atoms with E-state index in [-0.39, 0.29) is 5.60 Å². The molecule has 0 aliphatic carbocycles. The Balaban J connectivity index is 2.16. The number of hydrogen-bond acceptors (Lipinski definition) is 3. The normalized spacial score (nSPS) is 11.8. The van der Waals surface area contributed by atoms with Crippen LogP contribution in [0, 0.1) is 0 Å². The number of ether oxygens (including phenoxy) is 1. The quantitative estimate of drug-likeness (QED) is 0.893. The summed E-state index contributed by atoms with van der Waals surface area (Å²) in [6, 6.07) is 7.76. The van der Waals surface area contributed by atoms with Crippen LogP contribution < -0.4 is 5.32 Å². The van der Waals surface area contributed by atoms with Crippen molar-refractivity contribution < 1.29 is 4.74 Å². The van der Waals surface area contributed by atoms with Gasteiger partial charge in [0.25, 0.3) is 0 Å². The Bertz CT molecular complexity index is 569. The van der Waals surface area contributed by atoms with Gasteiger partial charge in [-0.3, -0.25) is 4.98 Å². The van der Waals surface area contributed by atoms with Gasteiger partial charge in [-0.2, -0.15) is 0 Å². The van der Waals surface area contributed by atoms with Crippen molar-refractivity contribution >= 4 is 28.2 Å². The molecule has 1 heterocycles. The highest BCUT2D eigenvalue weighted by Gasteiger charge is 2.15. The van der Waals surface area contributed by atoms with Crippen molar-refractivity contribution in [3.63, 3.8) is 0 Å². The van der Waals surface area contributed by atoms with Crippen LogP contribution in [0.3, 0.4) is 0 Å². The average Bonchev–Trinajstić information content (AvgIpc) is 2.38. The first-order valence-electron chi connectivity index (χ1n) is 6.35. The van der Waals surface area contributed by atoms with Crippen LogP contribution in [0.1, 0.15) is 20.3 Å². The molecule has 19 heavy (non-hydrogen) atoms. The number of pyridine rings is 1. The number of rotatable bonds is 5. The summed E-state index contributed by atoms with van der Waals surface area (Å²) < 4.78 is 5.41. The smallest absolute Gasteiger partial charge is 0.0934 e. The molecule has 0 fully saturated rings. The minimum Gasteiger partial charge on any atom is -0.383 e. The van der Waals surface area contributed by atoms with E-state index in [9.17, 15) is 0 Å². The van der Waals surface area contributed by atoms with E-state index in [1.807, 2.05) is 24.3 Å². The first kappa shape index (κ1) is 14.1. The molecule has 0 atom stereocenters. The number of nitrogens with zero attached hydrogens (tertiary/aromatic N) is 1. The molecule has 0 bridgehead atoms. The number of nitrogens with one attached hydrogen (secondary N) is 1. The molecule has 0 aliphatic heterocycles. The van der Waals surface area contributed by atoms with E-state index in [2.05, 4.69) is 24.1 Å². The first-order valence-corrected chi connectivity index (χ1v) is 6.73. The lowest BCUT2D eigenvalue weighted by atomic mass is 10.1. The van der Waals surface area contributed by atoms with Gasteiger partial charge in [0.2, 0.25) is 0 Å². The first-order chi connectivity index (χ1) is 9.02. The van der Waals surface area contributed by atoms with Crippen LogP contribution in [0.5, 0.6) is 0 Å². The number of hydrogen-bond donors (Lipinski definition) is 1. The van der Waals surface area contributed by atoms with Crippen LogP contribution in [0.2, 0.25) is 5.02 Å². The Labute approximate surface area is 118 Å². The lowest BCUT2D eigenvalue weighted by Gasteiger charge is -2.23. The summed E-state index contributed by atoms with van der Waals surface area (Å²) in [4.78, 5) is 4.41. The van der Waals surface area contributed by atoms with Crippen LogP contribution in [0.25, 0.3) is 10.9 Å². The minimum absolute atomic E-state index is 0.130. The molecule has 0 saturated heterocycles. The Morgan fingerprint density at radius 1 is 1.37 bits per heavy atom. The molecular weight excluding hydrogens is 260 g/mol. The largest absolute Gasteiger partial charge is 0.383 e. The van der Waals surface area contributed by atoms with Crippen molar-refractivity contribution in [1.29, 1.82) is 0 Å². The Kier molecular flexibility index (Phi) is 4.27. The maximum Gasteiger partial charge on any atom is 0.0934 e. The molecule has 0 aliphatic rings. The van der Waals surface area contributed by atoms with Gasteiger partial charge in [-0.15, -0.1) is 0 Å². The predicted molar refractivity (Wildman–Crippen MR) is 80.9 cm³/mol. The molecule has 1 N–H and O–H groups in total. The third kappa shape index (κ3) is 3.58. The molecule has 1 aromatic heterocycles. The summed E-state index contributed by atoms with van der Waals surface area (Å²) >= 11 is 6.13.